The van der Waals surface area contributed by atoms with E-state index in [0.717, 1.165) is 69.0 Å². The monoisotopic (exact) mass is 439 g/mol. The molecule has 1 aliphatic carbocycles. The van der Waals surface area contributed by atoms with Gasteiger partial charge in [0, 0.05) is 48.7 Å². The van der Waals surface area contributed by atoms with Crippen LogP contribution in [0.4, 0.5) is 5.82 Å². The van der Waals surface area contributed by atoms with Crippen molar-refractivity contribution in [2.45, 2.75) is 51.0 Å². The molecule has 7 nitrogen and oxygen atoms in total. The van der Waals surface area contributed by atoms with Crippen LogP contribution in [0, 0.1) is 5.41 Å². The standard InChI is InChI=1S/C23H29N5O2S/c1-23(9-10-23)22(30)27-12-6-16(7-13-27)18-4-5-19(31-18)21(29)25-17-8-14-28(15-17)20-3-2-11-24-26-20/h2-5,11,16-17H,6-10,12-15H2,1H3,(H,25,29)/t17-/m0/s1. The van der Waals surface area contributed by atoms with E-state index in [9.17, 15) is 9.59 Å². The van der Waals surface area contributed by atoms with Crippen molar-refractivity contribution in [1.82, 2.24) is 20.4 Å². The molecule has 0 spiro atoms. The minimum atomic E-state index is -0.0794. The fraction of sp³-hybridized carbons (Fsp3) is 0.565. The Bertz CT molecular complexity index is 950. The highest BCUT2D eigenvalue weighted by Gasteiger charge is 2.47. The first-order chi connectivity index (χ1) is 15.0. The Morgan fingerprint density at radius 2 is 1.94 bits per heavy atom. The van der Waals surface area contributed by atoms with Crippen LogP contribution in [-0.2, 0) is 4.79 Å². The zero-order valence-corrected chi connectivity index (χ0v) is 18.7. The van der Waals surface area contributed by atoms with Gasteiger partial charge in [0.1, 0.15) is 0 Å². The molecular formula is C23H29N5O2S. The van der Waals surface area contributed by atoms with E-state index >= 15 is 0 Å². The quantitative estimate of drug-likeness (QED) is 0.775. The number of piperidine rings is 1. The predicted molar refractivity (Wildman–Crippen MR) is 120 cm³/mol. The summed E-state index contributed by atoms with van der Waals surface area (Å²) in [6, 6.07) is 8.01. The lowest BCUT2D eigenvalue weighted by molar-refractivity contribution is -0.137. The summed E-state index contributed by atoms with van der Waals surface area (Å²) in [5.41, 5.74) is -0.0794. The van der Waals surface area contributed by atoms with E-state index in [1.807, 2.05) is 23.1 Å². The van der Waals surface area contributed by atoms with Gasteiger partial charge < -0.3 is 15.1 Å². The summed E-state index contributed by atoms with van der Waals surface area (Å²) >= 11 is 1.60. The molecule has 0 unspecified atom stereocenters. The summed E-state index contributed by atoms with van der Waals surface area (Å²) in [5, 5.41) is 11.3. The smallest absolute Gasteiger partial charge is 0.261 e. The van der Waals surface area contributed by atoms with Crippen molar-refractivity contribution in [2.24, 2.45) is 5.41 Å². The lowest BCUT2D eigenvalue weighted by atomic mass is 9.94. The third-order valence-corrected chi connectivity index (χ3v) is 8.20. The van der Waals surface area contributed by atoms with Gasteiger partial charge in [-0.25, -0.2) is 0 Å². The normalized spacial score (nSPS) is 23.1. The maximum Gasteiger partial charge on any atom is 0.261 e. The fourth-order valence-corrected chi connectivity index (χ4v) is 5.73. The molecule has 0 bridgehead atoms. The lowest BCUT2D eigenvalue weighted by Crippen LogP contribution is -2.41. The number of nitrogens with one attached hydrogen (secondary N) is 1. The van der Waals surface area contributed by atoms with Gasteiger partial charge in [-0.1, -0.05) is 6.92 Å². The van der Waals surface area contributed by atoms with Crippen LogP contribution < -0.4 is 10.2 Å². The van der Waals surface area contributed by atoms with E-state index in [1.54, 1.807) is 17.5 Å². The number of hydrogen-bond acceptors (Lipinski definition) is 6. The Kier molecular flexibility index (Phi) is 5.42. The molecule has 1 saturated carbocycles. The second kappa shape index (κ2) is 8.22. The maximum absolute atomic E-state index is 12.8. The summed E-state index contributed by atoms with van der Waals surface area (Å²) in [7, 11) is 0. The Balaban J connectivity index is 1.13. The molecular weight excluding hydrogens is 410 g/mol. The third-order valence-electron chi connectivity index (χ3n) is 6.96. The molecule has 1 atom stereocenters. The van der Waals surface area contributed by atoms with Crippen LogP contribution in [0.1, 0.15) is 59.5 Å². The number of anilines is 1. The van der Waals surface area contributed by atoms with Crippen molar-refractivity contribution in [3.63, 3.8) is 0 Å². The van der Waals surface area contributed by atoms with Crippen molar-refractivity contribution < 1.29 is 9.59 Å². The molecule has 2 saturated heterocycles. The van der Waals surface area contributed by atoms with Crippen LogP contribution in [0.5, 0.6) is 0 Å². The summed E-state index contributed by atoms with van der Waals surface area (Å²) in [6.07, 6.45) is 6.62. The topological polar surface area (TPSA) is 78.4 Å². The van der Waals surface area contributed by atoms with Gasteiger partial charge in [0.25, 0.3) is 5.91 Å². The van der Waals surface area contributed by atoms with Crippen molar-refractivity contribution in [3.8, 4) is 0 Å². The average molecular weight is 440 g/mol. The molecule has 2 aromatic heterocycles. The summed E-state index contributed by atoms with van der Waals surface area (Å²) < 4.78 is 0. The number of hydrogen-bond donors (Lipinski definition) is 1. The molecule has 2 amide bonds. The highest BCUT2D eigenvalue weighted by Crippen LogP contribution is 2.47. The number of carbonyl (C=O) groups excluding carboxylic acids is 2. The Morgan fingerprint density at radius 3 is 2.65 bits per heavy atom. The first-order valence-corrected chi connectivity index (χ1v) is 12.1. The minimum Gasteiger partial charge on any atom is -0.353 e. The molecule has 5 rings (SSSR count). The van der Waals surface area contributed by atoms with Gasteiger partial charge in [-0.15, -0.1) is 16.4 Å². The minimum absolute atomic E-state index is 0.0107. The van der Waals surface area contributed by atoms with Crippen LogP contribution >= 0.6 is 11.3 Å². The number of likely N-dealkylation sites (tertiary alicyclic amines) is 1. The number of thiophene rings is 1. The summed E-state index contributed by atoms with van der Waals surface area (Å²) in [6.45, 7) is 5.38. The van der Waals surface area contributed by atoms with E-state index in [0.29, 0.717) is 11.8 Å². The molecule has 2 aromatic rings. The third kappa shape index (κ3) is 4.31. The second-order valence-corrected chi connectivity index (χ2v) is 10.4. The van der Waals surface area contributed by atoms with Crippen LogP contribution in [-0.4, -0.2) is 59.1 Å². The van der Waals surface area contributed by atoms with Crippen molar-refractivity contribution in [1.29, 1.82) is 0 Å². The van der Waals surface area contributed by atoms with Crippen LogP contribution in [0.25, 0.3) is 0 Å². The number of rotatable bonds is 5. The second-order valence-electron chi connectivity index (χ2n) is 9.32. The van der Waals surface area contributed by atoms with E-state index < -0.39 is 0 Å². The molecule has 0 aromatic carbocycles. The van der Waals surface area contributed by atoms with Crippen LogP contribution in [0.2, 0.25) is 0 Å². The van der Waals surface area contributed by atoms with E-state index in [1.165, 1.54) is 4.88 Å². The number of aromatic nitrogens is 2. The molecule has 8 heteroatoms. The van der Waals surface area contributed by atoms with Crippen molar-refractivity contribution in [2.75, 3.05) is 31.1 Å². The lowest BCUT2D eigenvalue weighted by Gasteiger charge is -2.33. The van der Waals surface area contributed by atoms with E-state index in [2.05, 4.69) is 33.4 Å². The van der Waals surface area contributed by atoms with Crippen LogP contribution in [0.15, 0.2) is 30.5 Å². The Morgan fingerprint density at radius 1 is 1.13 bits per heavy atom. The molecule has 0 radical (unpaired) electrons. The summed E-state index contributed by atoms with van der Waals surface area (Å²) in [4.78, 5) is 31.6. The van der Waals surface area contributed by atoms with Gasteiger partial charge in [-0.2, -0.15) is 5.10 Å². The molecule has 3 fully saturated rings. The van der Waals surface area contributed by atoms with Crippen LogP contribution in [0.3, 0.4) is 0 Å². The van der Waals surface area contributed by atoms with Gasteiger partial charge in [0.15, 0.2) is 5.82 Å². The first-order valence-electron chi connectivity index (χ1n) is 11.2. The van der Waals surface area contributed by atoms with E-state index in [4.69, 9.17) is 0 Å². The van der Waals surface area contributed by atoms with Gasteiger partial charge in [-0.3, -0.25) is 9.59 Å². The molecule has 1 N–H and O–H groups in total. The van der Waals surface area contributed by atoms with Crippen molar-refractivity contribution >= 4 is 29.0 Å². The highest BCUT2D eigenvalue weighted by atomic mass is 32.1. The van der Waals surface area contributed by atoms with Crippen molar-refractivity contribution in [3.05, 3.63) is 40.2 Å². The molecule has 3 aliphatic rings. The summed E-state index contributed by atoms with van der Waals surface area (Å²) in [5.74, 6) is 1.65. The van der Waals surface area contributed by atoms with Gasteiger partial charge >= 0.3 is 0 Å². The van der Waals surface area contributed by atoms with Gasteiger partial charge in [0.05, 0.1) is 4.88 Å². The highest BCUT2D eigenvalue weighted by molar-refractivity contribution is 7.14. The van der Waals surface area contributed by atoms with Gasteiger partial charge in [-0.05, 0) is 62.3 Å². The predicted octanol–water partition coefficient (Wildman–Crippen LogP) is 3.05. The zero-order valence-electron chi connectivity index (χ0n) is 17.9. The number of nitrogens with zero attached hydrogens (tertiary/aromatic N) is 4. The van der Waals surface area contributed by atoms with Gasteiger partial charge in [0.2, 0.25) is 5.91 Å². The number of carbonyl (C=O) groups is 2. The SMILES string of the molecule is CC1(C(=O)N2CCC(c3ccc(C(=O)N[C@H]4CCN(c5cccnn5)C4)s3)CC2)CC1. The fourth-order valence-electron chi connectivity index (χ4n) is 4.65. The Hall–Kier alpha value is -2.48. The van der Waals surface area contributed by atoms with E-state index in [-0.39, 0.29) is 17.4 Å². The largest absolute Gasteiger partial charge is 0.353 e. The molecule has 2 aliphatic heterocycles. The number of amides is 2. The molecule has 4 heterocycles. The molecule has 164 valence electrons. The average Bonchev–Trinajstić information content (AvgIpc) is 3.20. The zero-order chi connectivity index (χ0) is 21.4. The molecule has 31 heavy (non-hydrogen) atoms. The maximum atomic E-state index is 12.8. The Labute approximate surface area is 186 Å². The first kappa shape index (κ1) is 20.4.